The van der Waals surface area contributed by atoms with Crippen LogP contribution in [0.2, 0.25) is 0 Å². The molecule has 152 valence electrons. The number of carbonyl (C=O) groups excluding carboxylic acids is 1. The van der Waals surface area contributed by atoms with Gasteiger partial charge in [0.05, 0.1) is 0 Å². The van der Waals surface area contributed by atoms with Crippen LogP contribution in [0.3, 0.4) is 0 Å². The maximum atomic E-state index is 12.7. The molecule has 0 unspecified atom stereocenters. The normalized spacial score (nSPS) is 10.2. The summed E-state index contributed by atoms with van der Waals surface area (Å²) in [4.78, 5) is 12.7. The standard InChI is InChI=1S/C25H20N4OS/c1-18-10-14-21(15-11-18)24-27-28-25(31)29(24)17-23(30)26-22-9-5-8-20(16-22)13-12-19-6-3-2-4-7-19/h2-11,14-16H,17H2,1H3,(H,26,30)(H,28,31). The van der Waals surface area contributed by atoms with Crippen molar-refractivity contribution < 1.29 is 4.79 Å². The molecule has 0 saturated carbocycles. The minimum atomic E-state index is -0.195. The number of carbonyl (C=O) groups is 1. The van der Waals surface area contributed by atoms with Gasteiger partial charge in [-0.1, -0.05) is 65.9 Å². The lowest BCUT2D eigenvalue weighted by atomic mass is 10.1. The first-order chi connectivity index (χ1) is 15.1. The van der Waals surface area contributed by atoms with E-state index in [1.807, 2.05) is 85.8 Å². The predicted molar refractivity (Wildman–Crippen MR) is 125 cm³/mol. The number of aryl methyl sites for hydroxylation is 1. The fraction of sp³-hybridized carbons (Fsp3) is 0.0800. The molecule has 0 saturated heterocycles. The first-order valence-electron chi connectivity index (χ1n) is 9.78. The van der Waals surface area contributed by atoms with Gasteiger partial charge in [0.2, 0.25) is 5.91 Å². The number of nitrogens with one attached hydrogen (secondary N) is 2. The van der Waals surface area contributed by atoms with Crippen LogP contribution >= 0.6 is 12.2 Å². The van der Waals surface area contributed by atoms with E-state index in [-0.39, 0.29) is 12.5 Å². The third kappa shape index (κ3) is 5.16. The van der Waals surface area contributed by atoms with Crippen LogP contribution < -0.4 is 5.32 Å². The molecule has 1 aromatic heterocycles. The lowest BCUT2D eigenvalue weighted by Gasteiger charge is -2.09. The van der Waals surface area contributed by atoms with Crippen LogP contribution in [0, 0.1) is 23.5 Å². The topological polar surface area (TPSA) is 62.7 Å². The van der Waals surface area contributed by atoms with Crippen LogP contribution in [0.5, 0.6) is 0 Å². The Hall–Kier alpha value is -3.95. The Bertz CT molecular complexity index is 1330. The summed E-state index contributed by atoms with van der Waals surface area (Å²) in [5, 5.41) is 9.99. The molecule has 0 bridgehead atoms. The van der Waals surface area contributed by atoms with Gasteiger partial charge in [0.25, 0.3) is 0 Å². The van der Waals surface area contributed by atoms with Gasteiger partial charge in [0.1, 0.15) is 6.54 Å². The number of H-pyrrole nitrogens is 1. The van der Waals surface area contributed by atoms with E-state index in [1.54, 1.807) is 4.57 Å². The van der Waals surface area contributed by atoms with Crippen molar-refractivity contribution in [3.63, 3.8) is 0 Å². The molecule has 4 rings (SSSR count). The quantitative estimate of drug-likeness (QED) is 0.360. The van der Waals surface area contributed by atoms with E-state index in [1.165, 1.54) is 0 Å². The minimum Gasteiger partial charge on any atom is -0.324 e. The lowest BCUT2D eigenvalue weighted by molar-refractivity contribution is -0.116. The summed E-state index contributed by atoms with van der Waals surface area (Å²) in [5.74, 6) is 6.68. The summed E-state index contributed by atoms with van der Waals surface area (Å²) in [6, 6.07) is 25.2. The summed E-state index contributed by atoms with van der Waals surface area (Å²) in [5.41, 5.74) is 4.48. The second-order valence-corrected chi connectivity index (χ2v) is 7.44. The number of aromatic nitrogens is 3. The average Bonchev–Trinajstić information content (AvgIpc) is 3.14. The third-order valence-electron chi connectivity index (χ3n) is 4.64. The zero-order valence-corrected chi connectivity index (χ0v) is 17.7. The highest BCUT2D eigenvalue weighted by Crippen LogP contribution is 2.18. The van der Waals surface area contributed by atoms with Crippen molar-refractivity contribution in [2.45, 2.75) is 13.5 Å². The molecule has 6 heteroatoms. The first kappa shape index (κ1) is 20.3. The number of nitrogens with zero attached hydrogens (tertiary/aromatic N) is 2. The summed E-state index contributed by atoms with van der Waals surface area (Å²) < 4.78 is 2.09. The molecule has 0 atom stereocenters. The number of aromatic amines is 1. The number of rotatable bonds is 4. The molecule has 31 heavy (non-hydrogen) atoms. The van der Waals surface area contributed by atoms with Crippen LogP contribution in [-0.2, 0) is 11.3 Å². The number of amides is 1. The SMILES string of the molecule is Cc1ccc(-c2n[nH]c(=S)n2CC(=O)Nc2cccc(C#Cc3ccccc3)c2)cc1. The number of anilines is 1. The highest BCUT2D eigenvalue weighted by Gasteiger charge is 2.12. The molecule has 0 spiro atoms. The first-order valence-corrected chi connectivity index (χ1v) is 10.2. The fourth-order valence-electron chi connectivity index (χ4n) is 3.07. The maximum absolute atomic E-state index is 12.7. The molecule has 1 amide bonds. The van der Waals surface area contributed by atoms with E-state index < -0.39 is 0 Å². The molecule has 1 heterocycles. The summed E-state index contributed by atoms with van der Waals surface area (Å²) in [6.07, 6.45) is 0. The highest BCUT2D eigenvalue weighted by molar-refractivity contribution is 7.71. The van der Waals surface area contributed by atoms with Gasteiger partial charge in [0, 0.05) is 22.4 Å². The maximum Gasteiger partial charge on any atom is 0.244 e. The molecule has 3 aromatic carbocycles. The number of benzene rings is 3. The Morgan fingerprint density at radius 2 is 1.71 bits per heavy atom. The number of hydrogen-bond donors (Lipinski definition) is 2. The Kier molecular flexibility index (Phi) is 6.06. The van der Waals surface area contributed by atoms with Gasteiger partial charge in [-0.3, -0.25) is 14.5 Å². The van der Waals surface area contributed by atoms with E-state index >= 15 is 0 Å². The van der Waals surface area contributed by atoms with Crippen molar-refractivity contribution in [1.82, 2.24) is 14.8 Å². The summed E-state index contributed by atoms with van der Waals surface area (Å²) in [7, 11) is 0. The monoisotopic (exact) mass is 424 g/mol. The molecule has 0 radical (unpaired) electrons. The Balaban J connectivity index is 1.49. The Morgan fingerprint density at radius 1 is 1.00 bits per heavy atom. The van der Waals surface area contributed by atoms with Crippen molar-refractivity contribution in [3.8, 4) is 23.2 Å². The molecule has 5 nitrogen and oxygen atoms in total. The van der Waals surface area contributed by atoms with E-state index in [4.69, 9.17) is 12.2 Å². The molecule has 0 fully saturated rings. The zero-order valence-electron chi connectivity index (χ0n) is 16.9. The molecule has 0 aliphatic carbocycles. The van der Waals surface area contributed by atoms with E-state index in [0.717, 1.165) is 22.3 Å². The van der Waals surface area contributed by atoms with Crippen LogP contribution in [0.1, 0.15) is 16.7 Å². The Morgan fingerprint density at radius 3 is 2.48 bits per heavy atom. The predicted octanol–water partition coefficient (Wildman–Crippen LogP) is 4.95. The van der Waals surface area contributed by atoms with Crippen molar-refractivity contribution in [2.75, 3.05) is 5.32 Å². The Labute approximate surface area is 185 Å². The van der Waals surface area contributed by atoms with Crippen molar-refractivity contribution in [3.05, 3.63) is 100 Å². The van der Waals surface area contributed by atoms with Crippen LogP contribution in [0.15, 0.2) is 78.9 Å². The molecular formula is C25H20N4OS. The molecule has 0 aliphatic rings. The fourth-order valence-corrected chi connectivity index (χ4v) is 3.27. The van der Waals surface area contributed by atoms with E-state index in [9.17, 15) is 4.79 Å². The smallest absolute Gasteiger partial charge is 0.244 e. The van der Waals surface area contributed by atoms with Gasteiger partial charge >= 0.3 is 0 Å². The van der Waals surface area contributed by atoms with E-state index in [0.29, 0.717) is 16.3 Å². The van der Waals surface area contributed by atoms with Gasteiger partial charge in [0.15, 0.2) is 10.6 Å². The zero-order chi connectivity index (χ0) is 21.6. The second kappa shape index (κ2) is 9.24. The molecular weight excluding hydrogens is 404 g/mol. The van der Waals surface area contributed by atoms with Gasteiger partial charge in [-0.2, -0.15) is 5.10 Å². The number of hydrogen-bond acceptors (Lipinski definition) is 3. The summed E-state index contributed by atoms with van der Waals surface area (Å²) >= 11 is 5.33. The third-order valence-corrected chi connectivity index (χ3v) is 4.95. The molecule has 4 aromatic rings. The highest BCUT2D eigenvalue weighted by atomic mass is 32.1. The average molecular weight is 425 g/mol. The largest absolute Gasteiger partial charge is 0.324 e. The van der Waals surface area contributed by atoms with Crippen molar-refractivity contribution >= 4 is 23.8 Å². The van der Waals surface area contributed by atoms with Gasteiger partial charge in [-0.25, -0.2) is 0 Å². The lowest BCUT2D eigenvalue weighted by Crippen LogP contribution is -2.19. The molecule has 0 aliphatic heterocycles. The van der Waals surface area contributed by atoms with Crippen molar-refractivity contribution in [2.24, 2.45) is 0 Å². The summed E-state index contributed by atoms with van der Waals surface area (Å²) in [6.45, 7) is 2.07. The van der Waals surface area contributed by atoms with Gasteiger partial charge < -0.3 is 5.32 Å². The minimum absolute atomic E-state index is 0.0540. The van der Waals surface area contributed by atoms with Crippen LogP contribution in [0.25, 0.3) is 11.4 Å². The van der Waals surface area contributed by atoms with Gasteiger partial charge in [-0.05, 0) is 49.5 Å². The van der Waals surface area contributed by atoms with Crippen LogP contribution in [0.4, 0.5) is 5.69 Å². The molecule has 2 N–H and O–H groups in total. The van der Waals surface area contributed by atoms with Gasteiger partial charge in [-0.15, -0.1) is 0 Å². The van der Waals surface area contributed by atoms with E-state index in [2.05, 4.69) is 27.4 Å². The second-order valence-electron chi connectivity index (χ2n) is 7.05. The van der Waals surface area contributed by atoms with Crippen molar-refractivity contribution in [1.29, 1.82) is 0 Å². The van der Waals surface area contributed by atoms with Crippen LogP contribution in [-0.4, -0.2) is 20.7 Å².